The summed E-state index contributed by atoms with van der Waals surface area (Å²) in [5.74, 6) is 0.861. The molecule has 29 heavy (non-hydrogen) atoms. The molecule has 4 N–H and O–H groups in total. The molecule has 0 saturated carbocycles. The van der Waals surface area contributed by atoms with Gasteiger partial charge in [0.15, 0.2) is 12.2 Å². The zero-order chi connectivity index (χ0) is 20.8. The fourth-order valence-electron chi connectivity index (χ4n) is 3.10. The van der Waals surface area contributed by atoms with E-state index in [1.807, 2.05) is 12.2 Å². The number of rotatable bonds is 9. The number of ether oxygens (including phenoxy) is 1. The third-order valence-corrected chi connectivity index (χ3v) is 4.51. The molecule has 0 spiro atoms. The molecule has 3 rings (SSSR count). The molecule has 1 aliphatic heterocycles. The first-order valence-electron chi connectivity index (χ1n) is 9.32. The van der Waals surface area contributed by atoms with Crippen LogP contribution in [0, 0.1) is 10.1 Å². The molecule has 1 aromatic heterocycles. The summed E-state index contributed by atoms with van der Waals surface area (Å²) in [5, 5.41) is 15.6. The van der Waals surface area contributed by atoms with Gasteiger partial charge in [0, 0.05) is 12.1 Å². The van der Waals surface area contributed by atoms with Gasteiger partial charge in [0.05, 0.1) is 23.6 Å². The monoisotopic (exact) mass is 401 g/mol. The Morgan fingerprint density at radius 2 is 2.03 bits per heavy atom. The van der Waals surface area contributed by atoms with E-state index in [1.165, 1.54) is 17.2 Å². The summed E-state index contributed by atoms with van der Waals surface area (Å²) in [6.07, 6.45) is 1.45. The second-order valence-corrected chi connectivity index (χ2v) is 6.47. The number of anilines is 2. The lowest BCUT2D eigenvalue weighted by molar-refractivity contribution is -0.672. The number of nitrogens with two attached hydrogens (primary N) is 1. The van der Waals surface area contributed by atoms with Gasteiger partial charge < -0.3 is 10.1 Å². The van der Waals surface area contributed by atoms with Crippen molar-refractivity contribution in [1.29, 1.82) is 0 Å². The number of nitrogens with one attached hydrogen (secondary N) is 2. The molecule has 2 heterocycles. The molecule has 1 aromatic carbocycles. The Morgan fingerprint density at radius 1 is 1.28 bits per heavy atom. The van der Waals surface area contributed by atoms with E-state index in [2.05, 4.69) is 10.3 Å². The third-order valence-electron chi connectivity index (χ3n) is 4.51. The maximum atomic E-state index is 12.6. The highest BCUT2D eigenvalue weighted by Gasteiger charge is 2.42. The van der Waals surface area contributed by atoms with Crippen molar-refractivity contribution in [2.24, 2.45) is 0 Å². The summed E-state index contributed by atoms with van der Waals surface area (Å²) in [4.78, 5) is 39.1. The second kappa shape index (κ2) is 9.11. The number of aromatic nitrogens is 1. The van der Waals surface area contributed by atoms with Crippen molar-refractivity contribution in [1.82, 2.24) is 0 Å². The van der Waals surface area contributed by atoms with Gasteiger partial charge in [-0.05, 0) is 31.2 Å². The maximum Gasteiger partial charge on any atom is 0.308 e. The Labute approximate surface area is 167 Å². The molecular formula is C19H23N5O5+2. The molecule has 0 bridgehead atoms. The van der Waals surface area contributed by atoms with Gasteiger partial charge in [-0.15, -0.1) is 0 Å². The fraction of sp³-hybridized carbons (Fsp3) is 0.316. The van der Waals surface area contributed by atoms with Crippen LogP contribution in [0.2, 0.25) is 0 Å². The van der Waals surface area contributed by atoms with Crippen LogP contribution in [0.4, 0.5) is 17.2 Å². The van der Waals surface area contributed by atoms with Crippen molar-refractivity contribution >= 4 is 29.0 Å². The Hall–Kier alpha value is -3.53. The van der Waals surface area contributed by atoms with Crippen LogP contribution in [-0.4, -0.2) is 42.5 Å². The van der Waals surface area contributed by atoms with E-state index in [9.17, 15) is 19.7 Å². The number of H-pyrrole nitrogens is 1. The molecule has 1 fully saturated rings. The van der Waals surface area contributed by atoms with Crippen LogP contribution in [0.25, 0.3) is 0 Å². The van der Waals surface area contributed by atoms with Crippen molar-refractivity contribution < 1.29 is 29.6 Å². The van der Waals surface area contributed by atoms with E-state index in [4.69, 9.17) is 4.74 Å². The first kappa shape index (κ1) is 20.2. The van der Waals surface area contributed by atoms with Gasteiger partial charge in [0.25, 0.3) is 11.7 Å². The minimum atomic E-state index is -0.479. The molecule has 0 unspecified atom stereocenters. The quantitative estimate of drug-likeness (QED) is 0.265. The van der Waals surface area contributed by atoms with Crippen LogP contribution < -0.4 is 25.3 Å². The minimum Gasteiger partial charge on any atom is -0.494 e. The van der Waals surface area contributed by atoms with Crippen molar-refractivity contribution in [2.45, 2.75) is 19.4 Å². The smallest absolute Gasteiger partial charge is 0.308 e. The number of quaternary nitrogens is 1. The Kier molecular flexibility index (Phi) is 6.35. The van der Waals surface area contributed by atoms with E-state index in [1.54, 1.807) is 30.3 Å². The zero-order valence-corrected chi connectivity index (χ0v) is 16.0. The molecule has 0 radical (unpaired) electrons. The standard InChI is InChI=1S/C19H21N5O5/c1-2-29-15-6-3-13(4-7-15)23-18(25)11-16(19(23)26)20-9-10-21-17-8-5-14(12-22-17)24(27)28/h3-8,12,16,20H,2,9-11H2,1H3,(H,21,22)/p+2/t16-/m0/s1. The summed E-state index contributed by atoms with van der Waals surface area (Å²) in [7, 11) is 0. The molecule has 2 aromatic rings. The lowest BCUT2D eigenvalue weighted by Gasteiger charge is -2.14. The van der Waals surface area contributed by atoms with Crippen LogP contribution >= 0.6 is 0 Å². The number of aromatic amines is 1. The SMILES string of the molecule is CCOc1ccc(N2C(=O)C[C@H]([NH2+]CCNc3ccc([N+](=O)[O-])c[nH+]3)C2=O)cc1. The summed E-state index contributed by atoms with van der Waals surface area (Å²) in [6.45, 7) is 3.51. The van der Waals surface area contributed by atoms with Crippen molar-refractivity contribution in [3.63, 3.8) is 0 Å². The first-order valence-corrected chi connectivity index (χ1v) is 9.32. The molecule has 1 atom stereocenters. The molecule has 10 nitrogen and oxygen atoms in total. The summed E-state index contributed by atoms with van der Waals surface area (Å²) in [5.41, 5.74) is 0.518. The average molecular weight is 401 g/mol. The van der Waals surface area contributed by atoms with Gasteiger partial charge >= 0.3 is 5.69 Å². The van der Waals surface area contributed by atoms with E-state index in [0.717, 1.165) is 0 Å². The number of benzene rings is 1. The van der Waals surface area contributed by atoms with Gasteiger partial charge in [-0.3, -0.25) is 25.0 Å². The van der Waals surface area contributed by atoms with Crippen LogP contribution in [0.5, 0.6) is 5.75 Å². The second-order valence-electron chi connectivity index (χ2n) is 6.47. The van der Waals surface area contributed by atoms with Crippen LogP contribution in [0.3, 0.4) is 0 Å². The lowest BCUT2D eigenvalue weighted by Crippen LogP contribution is -2.92. The molecule has 2 amide bonds. The van der Waals surface area contributed by atoms with Gasteiger partial charge in [-0.1, -0.05) is 0 Å². The molecule has 1 saturated heterocycles. The number of pyridine rings is 1. The maximum absolute atomic E-state index is 12.6. The van der Waals surface area contributed by atoms with Gasteiger partial charge in [-0.25, -0.2) is 9.88 Å². The summed E-state index contributed by atoms with van der Waals surface area (Å²) >= 11 is 0. The summed E-state index contributed by atoms with van der Waals surface area (Å²) in [6, 6.07) is 9.40. The fourth-order valence-corrected chi connectivity index (χ4v) is 3.10. The average Bonchev–Trinajstić information content (AvgIpc) is 3.00. The molecule has 152 valence electrons. The number of imide groups is 1. The molecule has 10 heteroatoms. The van der Waals surface area contributed by atoms with E-state index < -0.39 is 11.0 Å². The number of carbonyl (C=O) groups excluding carboxylic acids is 2. The van der Waals surface area contributed by atoms with Gasteiger partial charge in [0.1, 0.15) is 18.8 Å². The van der Waals surface area contributed by atoms with Crippen molar-refractivity contribution in [3.8, 4) is 5.75 Å². The highest BCUT2D eigenvalue weighted by molar-refractivity contribution is 6.21. The number of nitro groups is 1. The lowest BCUT2D eigenvalue weighted by atomic mass is 10.2. The van der Waals surface area contributed by atoms with Crippen LogP contribution in [-0.2, 0) is 9.59 Å². The Bertz CT molecular complexity index is 885. The topological polar surface area (TPSA) is 133 Å². The summed E-state index contributed by atoms with van der Waals surface area (Å²) < 4.78 is 5.38. The number of hydrogen-bond acceptors (Lipinski definition) is 6. The largest absolute Gasteiger partial charge is 0.494 e. The molecule has 0 aliphatic carbocycles. The highest BCUT2D eigenvalue weighted by Crippen LogP contribution is 2.24. The predicted molar refractivity (Wildman–Crippen MR) is 103 cm³/mol. The Morgan fingerprint density at radius 3 is 2.66 bits per heavy atom. The van der Waals surface area contributed by atoms with Crippen molar-refractivity contribution in [3.05, 3.63) is 52.7 Å². The number of nitrogens with zero attached hydrogens (tertiary/aromatic N) is 2. The molecule has 1 aliphatic rings. The predicted octanol–water partition coefficient (Wildman–Crippen LogP) is 0.115. The number of hydrogen-bond donors (Lipinski definition) is 2. The van der Waals surface area contributed by atoms with E-state index in [0.29, 0.717) is 37.0 Å². The number of carbonyl (C=O) groups is 2. The van der Waals surface area contributed by atoms with Crippen LogP contribution in [0.15, 0.2) is 42.6 Å². The van der Waals surface area contributed by atoms with Crippen LogP contribution in [0.1, 0.15) is 13.3 Å². The Balaban J connectivity index is 1.50. The van der Waals surface area contributed by atoms with E-state index >= 15 is 0 Å². The van der Waals surface area contributed by atoms with Gasteiger partial charge in [0.2, 0.25) is 5.91 Å². The molecular weight excluding hydrogens is 378 g/mol. The third kappa shape index (κ3) is 4.85. The van der Waals surface area contributed by atoms with Crippen molar-refractivity contribution in [2.75, 3.05) is 29.9 Å². The first-order chi connectivity index (χ1) is 14.0. The normalized spacial score (nSPS) is 16.2. The van der Waals surface area contributed by atoms with E-state index in [-0.39, 0.29) is 23.9 Å². The zero-order valence-electron chi connectivity index (χ0n) is 16.0. The minimum absolute atomic E-state index is 0.0217. The number of amides is 2. The van der Waals surface area contributed by atoms with Gasteiger partial charge in [-0.2, -0.15) is 0 Å². The highest BCUT2D eigenvalue weighted by atomic mass is 16.6.